The van der Waals surface area contributed by atoms with Crippen LogP contribution in [0.25, 0.3) is 0 Å². The van der Waals surface area contributed by atoms with Crippen molar-refractivity contribution in [2.75, 3.05) is 16.0 Å². The molecule has 2 aliphatic rings. The lowest BCUT2D eigenvalue weighted by Crippen LogP contribution is -2.47. The highest BCUT2D eigenvalue weighted by Gasteiger charge is 2.58. The maximum atomic E-state index is 12.7. The minimum atomic E-state index is -1.04. The van der Waals surface area contributed by atoms with Crippen molar-refractivity contribution < 1.29 is 9.59 Å². The molecule has 1 fully saturated rings. The third kappa shape index (κ3) is 1.72. The largest absolute Gasteiger partial charge is 0.323 e. The zero-order valence-corrected chi connectivity index (χ0v) is 12.9. The molecule has 0 bridgehead atoms. The van der Waals surface area contributed by atoms with E-state index in [4.69, 9.17) is 11.6 Å². The van der Waals surface area contributed by atoms with Gasteiger partial charge in [0.15, 0.2) is 0 Å². The number of hydrogen-bond acceptors (Lipinski definition) is 3. The molecule has 22 heavy (non-hydrogen) atoms. The molecule has 1 spiro atoms. The van der Waals surface area contributed by atoms with Gasteiger partial charge in [-0.1, -0.05) is 35.9 Å². The van der Waals surface area contributed by atoms with Gasteiger partial charge in [-0.05, 0) is 24.3 Å². The Balaban J connectivity index is 1.94. The molecule has 1 atom stereocenters. The van der Waals surface area contributed by atoms with Crippen molar-refractivity contribution in [3.8, 4) is 0 Å². The van der Waals surface area contributed by atoms with E-state index in [0.29, 0.717) is 10.7 Å². The van der Waals surface area contributed by atoms with Gasteiger partial charge in [0.1, 0.15) is 0 Å². The van der Waals surface area contributed by atoms with Gasteiger partial charge >= 0.3 is 0 Å². The number of hydrogen-bond donors (Lipinski definition) is 1. The highest BCUT2D eigenvalue weighted by atomic mass is 35.5. The Labute approximate surface area is 136 Å². The number of halogens is 1. The Morgan fingerprint density at radius 3 is 2.77 bits per heavy atom. The summed E-state index contributed by atoms with van der Waals surface area (Å²) in [5.74, 6) is -0.0301. The van der Waals surface area contributed by atoms with E-state index in [0.717, 1.165) is 11.3 Å². The number of benzene rings is 2. The molecule has 0 saturated carbocycles. The molecule has 2 aromatic rings. The standard InChI is InChI=1S/C16H11ClN2O2S/c17-10-4-3-5-11(8-10)19-14(20)9-22-16(19)12-6-1-2-7-13(12)18-15(16)21/h1-8H,9H2,(H,18,21)/t16-/m0/s1. The lowest BCUT2D eigenvalue weighted by Gasteiger charge is -2.32. The first-order valence-electron chi connectivity index (χ1n) is 6.76. The Morgan fingerprint density at radius 2 is 1.95 bits per heavy atom. The molecule has 1 N–H and O–H groups in total. The summed E-state index contributed by atoms with van der Waals surface area (Å²) >= 11 is 7.40. The molecule has 0 aromatic heterocycles. The van der Waals surface area contributed by atoms with Crippen LogP contribution in [-0.4, -0.2) is 17.6 Å². The fourth-order valence-electron chi connectivity index (χ4n) is 2.99. The quantitative estimate of drug-likeness (QED) is 0.873. The van der Waals surface area contributed by atoms with Crippen LogP contribution in [0.15, 0.2) is 48.5 Å². The predicted octanol–water partition coefficient (Wildman–Crippen LogP) is 3.22. The molecule has 2 aromatic carbocycles. The van der Waals surface area contributed by atoms with Gasteiger partial charge < -0.3 is 5.32 Å². The Morgan fingerprint density at radius 1 is 1.14 bits per heavy atom. The van der Waals surface area contributed by atoms with Gasteiger partial charge in [-0.25, -0.2) is 0 Å². The molecule has 1 saturated heterocycles. The molecule has 0 radical (unpaired) electrons. The number of nitrogens with zero attached hydrogens (tertiary/aromatic N) is 1. The monoisotopic (exact) mass is 330 g/mol. The van der Waals surface area contributed by atoms with E-state index in [1.807, 2.05) is 24.3 Å². The molecule has 110 valence electrons. The number of carbonyl (C=O) groups excluding carboxylic acids is 2. The summed E-state index contributed by atoms with van der Waals surface area (Å²) < 4.78 is 0. The number of carbonyl (C=O) groups is 2. The van der Waals surface area contributed by atoms with Crippen LogP contribution in [0.2, 0.25) is 5.02 Å². The topological polar surface area (TPSA) is 49.4 Å². The van der Waals surface area contributed by atoms with Gasteiger partial charge in [0.25, 0.3) is 5.91 Å². The first kappa shape index (κ1) is 13.7. The SMILES string of the molecule is O=C1CS[C@@]2(C(=O)Nc3ccccc32)N1c1cccc(Cl)c1. The van der Waals surface area contributed by atoms with E-state index in [1.54, 1.807) is 29.2 Å². The van der Waals surface area contributed by atoms with Crippen molar-refractivity contribution >= 4 is 46.6 Å². The van der Waals surface area contributed by atoms with Crippen molar-refractivity contribution in [3.05, 3.63) is 59.1 Å². The number of fused-ring (bicyclic) bond motifs is 2. The Hall–Kier alpha value is -1.98. The molecule has 0 unspecified atom stereocenters. The highest BCUT2D eigenvalue weighted by Crippen LogP contribution is 2.53. The van der Waals surface area contributed by atoms with E-state index >= 15 is 0 Å². The second-order valence-corrected chi connectivity index (χ2v) is 6.75. The molecule has 4 rings (SSSR count). The first-order valence-corrected chi connectivity index (χ1v) is 8.13. The van der Waals surface area contributed by atoms with E-state index in [-0.39, 0.29) is 17.6 Å². The van der Waals surface area contributed by atoms with Crippen molar-refractivity contribution in [3.63, 3.8) is 0 Å². The fourth-order valence-corrected chi connectivity index (χ4v) is 4.49. The predicted molar refractivity (Wildman–Crippen MR) is 88.1 cm³/mol. The van der Waals surface area contributed by atoms with Crippen molar-refractivity contribution in [2.24, 2.45) is 0 Å². The second kappa shape index (κ2) is 4.76. The van der Waals surface area contributed by atoms with Gasteiger partial charge in [-0.3, -0.25) is 14.5 Å². The zero-order valence-electron chi connectivity index (χ0n) is 11.4. The average molecular weight is 331 g/mol. The Kier molecular flexibility index (Phi) is 2.96. The van der Waals surface area contributed by atoms with Crippen molar-refractivity contribution in [1.29, 1.82) is 0 Å². The summed E-state index contributed by atoms with van der Waals surface area (Å²) in [6.07, 6.45) is 0. The van der Waals surface area contributed by atoms with E-state index in [2.05, 4.69) is 5.32 Å². The summed E-state index contributed by atoms with van der Waals surface area (Å²) in [7, 11) is 0. The maximum Gasteiger partial charge on any atom is 0.266 e. The number of amides is 2. The molecule has 6 heteroatoms. The summed E-state index contributed by atoms with van der Waals surface area (Å²) in [6.45, 7) is 0. The summed E-state index contributed by atoms with van der Waals surface area (Å²) in [6, 6.07) is 14.5. The molecule has 0 aliphatic carbocycles. The minimum Gasteiger partial charge on any atom is -0.323 e. The van der Waals surface area contributed by atoms with E-state index in [1.165, 1.54) is 11.8 Å². The van der Waals surface area contributed by atoms with Crippen LogP contribution in [0.4, 0.5) is 11.4 Å². The zero-order chi connectivity index (χ0) is 15.3. The van der Waals surface area contributed by atoms with Gasteiger partial charge in [0.05, 0.1) is 5.75 Å². The molecular formula is C16H11ClN2O2S. The molecule has 2 heterocycles. The summed E-state index contributed by atoms with van der Waals surface area (Å²) in [5, 5.41) is 3.41. The van der Waals surface area contributed by atoms with E-state index < -0.39 is 4.87 Å². The van der Waals surface area contributed by atoms with Crippen LogP contribution in [0, 0.1) is 0 Å². The van der Waals surface area contributed by atoms with E-state index in [9.17, 15) is 9.59 Å². The third-order valence-corrected chi connectivity index (χ3v) is 5.52. The van der Waals surface area contributed by atoms with Crippen LogP contribution in [0.1, 0.15) is 5.56 Å². The average Bonchev–Trinajstić information content (AvgIpc) is 2.99. The minimum absolute atomic E-state index is 0.0980. The molecule has 2 aliphatic heterocycles. The normalized spacial score (nSPS) is 23.0. The first-order chi connectivity index (χ1) is 10.6. The number of nitrogens with one attached hydrogen (secondary N) is 1. The number of rotatable bonds is 1. The highest BCUT2D eigenvalue weighted by molar-refractivity contribution is 8.02. The van der Waals surface area contributed by atoms with Gasteiger partial charge in [-0.15, -0.1) is 11.8 Å². The lowest BCUT2D eigenvalue weighted by atomic mass is 10.0. The van der Waals surface area contributed by atoms with Crippen LogP contribution in [0.5, 0.6) is 0 Å². The van der Waals surface area contributed by atoms with Gasteiger partial charge in [0, 0.05) is 22.0 Å². The summed E-state index contributed by atoms with van der Waals surface area (Å²) in [5.41, 5.74) is 2.20. The van der Waals surface area contributed by atoms with Crippen LogP contribution >= 0.6 is 23.4 Å². The Bertz CT molecular complexity index is 810. The fraction of sp³-hybridized carbons (Fsp3) is 0.125. The van der Waals surface area contributed by atoms with Crippen molar-refractivity contribution in [1.82, 2.24) is 0 Å². The van der Waals surface area contributed by atoms with Crippen LogP contribution < -0.4 is 10.2 Å². The second-order valence-electron chi connectivity index (χ2n) is 5.14. The summed E-state index contributed by atoms with van der Waals surface area (Å²) in [4.78, 5) is 25.7. The number of anilines is 2. The number of para-hydroxylation sites is 1. The van der Waals surface area contributed by atoms with Crippen LogP contribution in [-0.2, 0) is 14.5 Å². The number of thioether (sulfide) groups is 1. The van der Waals surface area contributed by atoms with Crippen LogP contribution in [0.3, 0.4) is 0 Å². The molecule has 4 nitrogen and oxygen atoms in total. The lowest BCUT2D eigenvalue weighted by molar-refractivity contribution is -0.122. The smallest absolute Gasteiger partial charge is 0.266 e. The molecule has 2 amide bonds. The molecular weight excluding hydrogens is 320 g/mol. The van der Waals surface area contributed by atoms with Crippen molar-refractivity contribution in [2.45, 2.75) is 4.87 Å². The maximum absolute atomic E-state index is 12.7. The van der Waals surface area contributed by atoms with Gasteiger partial charge in [0.2, 0.25) is 10.8 Å². The van der Waals surface area contributed by atoms with Gasteiger partial charge in [-0.2, -0.15) is 0 Å². The third-order valence-electron chi connectivity index (χ3n) is 3.88.